The van der Waals surface area contributed by atoms with E-state index in [0.717, 1.165) is 5.56 Å². The van der Waals surface area contributed by atoms with Gasteiger partial charge in [-0.15, -0.1) is 0 Å². The number of aliphatic carboxylic acids is 1. The first-order chi connectivity index (χ1) is 21.8. The number of carboxylic acid groups (broad SMARTS) is 1. The summed E-state index contributed by atoms with van der Waals surface area (Å²) in [5.74, 6) is -15.5. The Morgan fingerprint density at radius 1 is 0.804 bits per heavy atom. The first kappa shape index (κ1) is 35.0. The quantitative estimate of drug-likeness (QED) is 0.118. The molecule has 2 atom stereocenters. The minimum Gasteiger partial charge on any atom is -0.489 e. The molecule has 0 aliphatic carbocycles. The molecule has 0 bridgehead atoms. The van der Waals surface area contributed by atoms with E-state index >= 15 is 0 Å². The number of hydrogen-bond donors (Lipinski definition) is 4. The number of ether oxygens (including phenoxy) is 2. The minimum absolute atomic E-state index is 0.0771. The van der Waals surface area contributed by atoms with E-state index in [4.69, 9.17) is 4.74 Å². The predicted octanol–water partition coefficient (Wildman–Crippen LogP) is 3.51. The molecular weight excluding hydrogens is 618 g/mol. The molecule has 0 aliphatic heterocycles. The summed E-state index contributed by atoms with van der Waals surface area (Å²) in [7, 11) is 0. The third kappa shape index (κ3) is 9.77. The van der Waals surface area contributed by atoms with Gasteiger partial charge in [0, 0.05) is 11.8 Å². The van der Waals surface area contributed by atoms with Crippen LogP contribution in [-0.2, 0) is 30.6 Å². The number of carbonyl (C=O) groups is 5. The number of amides is 3. The number of ketones is 1. The molecule has 0 aliphatic rings. The van der Waals surface area contributed by atoms with E-state index in [9.17, 15) is 46.6 Å². The van der Waals surface area contributed by atoms with Gasteiger partial charge in [0.1, 0.15) is 31.0 Å². The highest BCUT2D eigenvalue weighted by atomic mass is 19.2. The highest BCUT2D eigenvalue weighted by Gasteiger charge is 2.32. The Morgan fingerprint density at radius 3 is 1.98 bits per heavy atom. The molecule has 0 heterocycles. The van der Waals surface area contributed by atoms with Crippen molar-refractivity contribution < 1.29 is 56.1 Å². The molecule has 3 amide bonds. The van der Waals surface area contributed by atoms with Crippen molar-refractivity contribution in [2.45, 2.75) is 39.0 Å². The Kier molecular flexibility index (Phi) is 12.2. The van der Waals surface area contributed by atoms with Gasteiger partial charge in [-0.3, -0.25) is 24.0 Å². The third-order valence-electron chi connectivity index (χ3n) is 6.32. The molecule has 0 spiro atoms. The van der Waals surface area contributed by atoms with Crippen molar-refractivity contribution in [1.82, 2.24) is 10.6 Å². The summed E-state index contributed by atoms with van der Waals surface area (Å²) >= 11 is 0. The Balaban J connectivity index is 1.60. The van der Waals surface area contributed by atoms with E-state index in [1.54, 1.807) is 12.1 Å². The number of anilines is 1. The second-order valence-corrected chi connectivity index (χ2v) is 10.2. The standard InChI is InChI=1S/C31H29F4N3O8/c1-16(2)27(38-31(44)30(43)36-18-8-10-19(11-9-18)45-14-17-6-4-3-5-7-17)29(42)37-22(13-24(40)41)23(39)15-46-28-25(34)20(32)12-21(33)26(28)35/h3-12,16,22,27H,13-15H2,1-2H3,(H,36,43)(H,37,42)(H,38,44)(H,40,41). The van der Waals surface area contributed by atoms with Crippen LogP contribution in [-0.4, -0.2) is 53.3 Å². The van der Waals surface area contributed by atoms with Gasteiger partial charge in [0.2, 0.25) is 17.5 Å². The smallest absolute Gasteiger partial charge is 0.313 e. The van der Waals surface area contributed by atoms with E-state index < -0.39 is 89.5 Å². The molecule has 2 unspecified atom stereocenters. The molecule has 0 saturated carbocycles. The number of halogens is 4. The number of Topliss-reactive ketones (excluding diaryl/α,β-unsaturated/α-hetero) is 1. The Morgan fingerprint density at radius 2 is 1.41 bits per heavy atom. The van der Waals surface area contributed by atoms with Crippen molar-refractivity contribution in [3.63, 3.8) is 0 Å². The maximum Gasteiger partial charge on any atom is 0.313 e. The molecule has 0 saturated heterocycles. The normalized spacial score (nSPS) is 12.1. The first-order valence-corrected chi connectivity index (χ1v) is 13.7. The van der Waals surface area contributed by atoms with Gasteiger partial charge in [0.15, 0.2) is 23.2 Å². The van der Waals surface area contributed by atoms with E-state index in [0.29, 0.717) is 12.4 Å². The Bertz CT molecular complexity index is 1560. The van der Waals surface area contributed by atoms with Crippen LogP contribution in [0.4, 0.5) is 23.2 Å². The van der Waals surface area contributed by atoms with Crippen molar-refractivity contribution in [3.05, 3.63) is 89.5 Å². The van der Waals surface area contributed by atoms with Gasteiger partial charge >= 0.3 is 17.8 Å². The summed E-state index contributed by atoms with van der Waals surface area (Å²) in [6.07, 6.45) is -1.03. The summed E-state index contributed by atoms with van der Waals surface area (Å²) in [6, 6.07) is 12.1. The summed E-state index contributed by atoms with van der Waals surface area (Å²) in [5.41, 5.74) is 1.18. The van der Waals surface area contributed by atoms with E-state index in [2.05, 4.69) is 20.7 Å². The topological polar surface area (TPSA) is 160 Å². The van der Waals surface area contributed by atoms with Crippen LogP contribution in [0, 0.1) is 29.2 Å². The van der Waals surface area contributed by atoms with Crippen molar-refractivity contribution in [2.75, 3.05) is 11.9 Å². The zero-order chi connectivity index (χ0) is 34.0. The lowest BCUT2D eigenvalue weighted by molar-refractivity contribution is -0.141. The van der Waals surface area contributed by atoms with Gasteiger partial charge in [-0.2, -0.15) is 8.78 Å². The van der Waals surface area contributed by atoms with Crippen LogP contribution in [0.2, 0.25) is 0 Å². The zero-order valence-corrected chi connectivity index (χ0v) is 24.4. The van der Waals surface area contributed by atoms with Crippen LogP contribution in [0.5, 0.6) is 11.5 Å². The summed E-state index contributed by atoms with van der Waals surface area (Å²) in [6.45, 7) is 1.99. The number of benzene rings is 3. The molecule has 3 aromatic carbocycles. The molecule has 0 fully saturated rings. The third-order valence-corrected chi connectivity index (χ3v) is 6.32. The van der Waals surface area contributed by atoms with Gasteiger partial charge < -0.3 is 30.5 Å². The van der Waals surface area contributed by atoms with E-state index in [1.165, 1.54) is 26.0 Å². The molecule has 244 valence electrons. The van der Waals surface area contributed by atoms with Crippen molar-refractivity contribution in [3.8, 4) is 11.5 Å². The van der Waals surface area contributed by atoms with Gasteiger partial charge in [-0.1, -0.05) is 44.2 Å². The maximum absolute atomic E-state index is 13.9. The monoisotopic (exact) mass is 647 g/mol. The second kappa shape index (κ2) is 16.0. The number of carbonyl (C=O) groups excluding carboxylic acids is 4. The fourth-order valence-corrected chi connectivity index (χ4v) is 3.91. The fraction of sp³-hybridized carbons (Fsp3) is 0.258. The van der Waals surface area contributed by atoms with Crippen LogP contribution in [0.25, 0.3) is 0 Å². The molecule has 46 heavy (non-hydrogen) atoms. The van der Waals surface area contributed by atoms with Gasteiger partial charge in [0.25, 0.3) is 0 Å². The predicted molar refractivity (Wildman–Crippen MR) is 154 cm³/mol. The summed E-state index contributed by atoms with van der Waals surface area (Å²) in [5, 5.41) is 15.9. The lowest BCUT2D eigenvalue weighted by atomic mass is 10.0. The first-order valence-electron chi connectivity index (χ1n) is 13.7. The van der Waals surface area contributed by atoms with Crippen molar-refractivity contribution >= 4 is 35.2 Å². The van der Waals surface area contributed by atoms with Gasteiger partial charge in [-0.25, -0.2) is 8.78 Å². The van der Waals surface area contributed by atoms with Crippen LogP contribution in [0.3, 0.4) is 0 Å². The molecule has 11 nitrogen and oxygen atoms in total. The van der Waals surface area contributed by atoms with Crippen LogP contribution in [0.15, 0.2) is 60.7 Å². The molecule has 4 N–H and O–H groups in total. The van der Waals surface area contributed by atoms with E-state index in [1.807, 2.05) is 30.3 Å². The highest BCUT2D eigenvalue weighted by Crippen LogP contribution is 2.26. The summed E-state index contributed by atoms with van der Waals surface area (Å²) in [4.78, 5) is 62.1. The Labute approximate surface area is 259 Å². The van der Waals surface area contributed by atoms with E-state index in [-0.39, 0.29) is 11.8 Å². The average molecular weight is 648 g/mol. The largest absolute Gasteiger partial charge is 0.489 e. The maximum atomic E-state index is 13.9. The van der Waals surface area contributed by atoms with Crippen molar-refractivity contribution in [2.24, 2.45) is 5.92 Å². The molecule has 0 aromatic heterocycles. The highest BCUT2D eigenvalue weighted by molar-refractivity contribution is 6.40. The lowest BCUT2D eigenvalue weighted by Crippen LogP contribution is -2.56. The SMILES string of the molecule is CC(C)C(NC(=O)C(=O)Nc1ccc(OCc2ccccc2)cc1)C(=O)NC(CC(=O)O)C(=O)COc1c(F)c(F)cc(F)c1F. The molecular formula is C31H29F4N3O8. The number of carboxylic acids is 1. The summed E-state index contributed by atoms with van der Waals surface area (Å²) < 4.78 is 64.9. The van der Waals surface area contributed by atoms with Crippen molar-refractivity contribution in [1.29, 1.82) is 0 Å². The number of hydrogen-bond acceptors (Lipinski definition) is 7. The van der Waals surface area contributed by atoms with Crippen LogP contribution in [0.1, 0.15) is 25.8 Å². The minimum atomic E-state index is -1.93. The van der Waals surface area contributed by atoms with Crippen LogP contribution < -0.4 is 25.4 Å². The molecule has 15 heteroatoms. The van der Waals surface area contributed by atoms with Crippen LogP contribution >= 0.6 is 0 Å². The Hall–Kier alpha value is -5.47. The second-order valence-electron chi connectivity index (χ2n) is 10.2. The number of rotatable bonds is 14. The molecule has 0 radical (unpaired) electrons. The fourth-order valence-electron chi connectivity index (χ4n) is 3.91. The molecule has 3 aromatic rings. The van der Waals surface area contributed by atoms with Gasteiger partial charge in [-0.05, 0) is 35.7 Å². The van der Waals surface area contributed by atoms with Gasteiger partial charge in [0.05, 0.1) is 6.42 Å². The zero-order valence-electron chi connectivity index (χ0n) is 24.4. The average Bonchev–Trinajstić information content (AvgIpc) is 3.01. The lowest BCUT2D eigenvalue weighted by Gasteiger charge is -2.24. The molecule has 3 rings (SSSR count). The number of nitrogens with one attached hydrogen (secondary N) is 3.